The molecule has 82 valence electrons. The lowest BCUT2D eigenvalue weighted by Crippen LogP contribution is -2.12. The van der Waals surface area contributed by atoms with Crippen LogP contribution in [0.4, 0.5) is 13.2 Å². The lowest BCUT2D eigenvalue weighted by Gasteiger charge is -2.10. The largest absolute Gasteiger partial charge is 0.505 e. The van der Waals surface area contributed by atoms with Gasteiger partial charge >= 0.3 is 5.97 Å². The number of hydrogen-bond donors (Lipinski definition) is 2. The zero-order valence-corrected chi connectivity index (χ0v) is 7.59. The summed E-state index contributed by atoms with van der Waals surface area (Å²) in [7, 11) is 0. The predicted molar refractivity (Wildman–Crippen MR) is 44.0 cm³/mol. The summed E-state index contributed by atoms with van der Waals surface area (Å²) in [4.78, 5) is 10.5. The van der Waals surface area contributed by atoms with Crippen molar-refractivity contribution in [3.05, 3.63) is 29.1 Å². The summed E-state index contributed by atoms with van der Waals surface area (Å²) in [5.41, 5.74) is -0.986. The average Bonchev–Trinajstić information content (AvgIpc) is 2.15. The van der Waals surface area contributed by atoms with Crippen LogP contribution in [0, 0.1) is 17.5 Å². The molecule has 0 amide bonds. The summed E-state index contributed by atoms with van der Waals surface area (Å²) >= 11 is 0. The van der Waals surface area contributed by atoms with E-state index in [-0.39, 0.29) is 6.07 Å². The molecule has 1 aromatic carbocycles. The first-order chi connectivity index (χ1) is 6.86. The molecule has 0 aromatic heterocycles. The van der Waals surface area contributed by atoms with Crippen LogP contribution in [0.15, 0.2) is 6.07 Å². The average molecular weight is 220 g/mol. The van der Waals surface area contributed by atoms with Crippen molar-refractivity contribution < 1.29 is 28.2 Å². The van der Waals surface area contributed by atoms with Gasteiger partial charge in [-0.1, -0.05) is 0 Å². The number of benzene rings is 1. The Balaban J connectivity index is 3.45. The van der Waals surface area contributed by atoms with E-state index in [4.69, 9.17) is 10.2 Å². The smallest absolute Gasteiger partial charge is 0.310 e. The molecule has 0 heterocycles. The van der Waals surface area contributed by atoms with Crippen LogP contribution in [0.5, 0.6) is 5.75 Å². The first kappa shape index (κ1) is 11.4. The number of carboxylic acids is 1. The van der Waals surface area contributed by atoms with Crippen LogP contribution >= 0.6 is 0 Å². The van der Waals surface area contributed by atoms with E-state index in [0.717, 1.165) is 6.92 Å². The summed E-state index contributed by atoms with van der Waals surface area (Å²) in [6, 6.07) is 0.253. The molecule has 0 bridgehead atoms. The molecule has 1 atom stereocenters. The minimum absolute atomic E-state index is 0.253. The minimum atomic E-state index is -1.60. The Bertz CT molecular complexity index is 391. The van der Waals surface area contributed by atoms with Crippen molar-refractivity contribution >= 4 is 5.97 Å². The van der Waals surface area contributed by atoms with E-state index in [1.54, 1.807) is 0 Å². The molecule has 0 fully saturated rings. The Morgan fingerprint density at radius 2 is 1.87 bits per heavy atom. The van der Waals surface area contributed by atoms with Crippen molar-refractivity contribution in [1.82, 2.24) is 0 Å². The van der Waals surface area contributed by atoms with E-state index in [0.29, 0.717) is 0 Å². The number of carboxylic acid groups (broad SMARTS) is 1. The lowest BCUT2D eigenvalue weighted by atomic mass is 9.99. The van der Waals surface area contributed by atoms with Crippen LogP contribution in [0.1, 0.15) is 18.4 Å². The Labute approximate surface area is 82.8 Å². The number of phenolic OH excluding ortho intramolecular Hbond substituents is 1. The van der Waals surface area contributed by atoms with Crippen molar-refractivity contribution in [2.24, 2.45) is 0 Å². The number of aliphatic carboxylic acids is 1. The number of rotatable bonds is 2. The van der Waals surface area contributed by atoms with Gasteiger partial charge in [-0.2, -0.15) is 0 Å². The summed E-state index contributed by atoms with van der Waals surface area (Å²) in [5.74, 6) is -8.75. The SMILES string of the molecule is CC(C(=O)O)c1c(F)c(O)cc(F)c1F. The Morgan fingerprint density at radius 1 is 1.33 bits per heavy atom. The molecule has 1 aromatic rings. The van der Waals surface area contributed by atoms with Crippen molar-refractivity contribution in [2.45, 2.75) is 12.8 Å². The summed E-state index contributed by atoms with van der Waals surface area (Å²) in [6.45, 7) is 0.989. The summed E-state index contributed by atoms with van der Waals surface area (Å²) < 4.78 is 38.9. The third-order valence-electron chi connectivity index (χ3n) is 1.97. The summed E-state index contributed by atoms with van der Waals surface area (Å²) in [6.07, 6.45) is 0. The van der Waals surface area contributed by atoms with Gasteiger partial charge in [-0.25, -0.2) is 13.2 Å². The maximum absolute atomic E-state index is 13.1. The van der Waals surface area contributed by atoms with Gasteiger partial charge in [-0.3, -0.25) is 4.79 Å². The first-order valence-electron chi connectivity index (χ1n) is 3.95. The molecule has 3 nitrogen and oxygen atoms in total. The topological polar surface area (TPSA) is 57.5 Å². The molecule has 0 aliphatic rings. The van der Waals surface area contributed by atoms with Crippen molar-refractivity contribution in [1.29, 1.82) is 0 Å². The molecule has 15 heavy (non-hydrogen) atoms. The van der Waals surface area contributed by atoms with E-state index in [1.165, 1.54) is 0 Å². The van der Waals surface area contributed by atoms with Gasteiger partial charge in [0, 0.05) is 11.6 Å². The predicted octanol–water partition coefficient (Wildman–Crippen LogP) is 2.00. The molecule has 0 radical (unpaired) electrons. The highest BCUT2D eigenvalue weighted by atomic mass is 19.2. The monoisotopic (exact) mass is 220 g/mol. The van der Waals surface area contributed by atoms with E-state index in [2.05, 4.69) is 0 Å². The van der Waals surface area contributed by atoms with Crippen LogP contribution in [-0.2, 0) is 4.79 Å². The second-order valence-corrected chi connectivity index (χ2v) is 2.98. The Hall–Kier alpha value is -1.72. The molecular formula is C9H7F3O3. The van der Waals surface area contributed by atoms with Crippen LogP contribution in [0.25, 0.3) is 0 Å². The fraction of sp³-hybridized carbons (Fsp3) is 0.222. The number of halogens is 3. The highest BCUT2D eigenvalue weighted by Crippen LogP contribution is 2.30. The number of phenols is 1. The lowest BCUT2D eigenvalue weighted by molar-refractivity contribution is -0.138. The van der Waals surface area contributed by atoms with Gasteiger partial charge < -0.3 is 10.2 Å². The van der Waals surface area contributed by atoms with E-state index < -0.39 is 40.7 Å². The van der Waals surface area contributed by atoms with E-state index in [1.807, 2.05) is 0 Å². The first-order valence-corrected chi connectivity index (χ1v) is 3.95. The Kier molecular flexibility index (Phi) is 2.88. The maximum atomic E-state index is 13.1. The molecular weight excluding hydrogens is 213 g/mol. The Morgan fingerprint density at radius 3 is 2.33 bits per heavy atom. The van der Waals surface area contributed by atoms with Gasteiger partial charge in [0.05, 0.1) is 5.92 Å². The normalized spacial score (nSPS) is 12.5. The van der Waals surface area contributed by atoms with Crippen molar-refractivity contribution in [2.75, 3.05) is 0 Å². The highest BCUT2D eigenvalue weighted by molar-refractivity contribution is 5.76. The molecule has 0 aliphatic carbocycles. The minimum Gasteiger partial charge on any atom is -0.505 e. The zero-order chi connectivity index (χ0) is 11.7. The number of carbonyl (C=O) groups is 1. The summed E-state index contributed by atoms with van der Waals surface area (Å²) in [5, 5.41) is 17.4. The molecule has 0 saturated carbocycles. The molecule has 0 saturated heterocycles. The van der Waals surface area contributed by atoms with Gasteiger partial charge in [-0.05, 0) is 6.92 Å². The number of hydrogen-bond acceptors (Lipinski definition) is 2. The molecule has 6 heteroatoms. The van der Waals surface area contributed by atoms with Crippen LogP contribution in [0.3, 0.4) is 0 Å². The highest BCUT2D eigenvalue weighted by Gasteiger charge is 2.27. The zero-order valence-electron chi connectivity index (χ0n) is 7.59. The molecule has 1 rings (SSSR count). The fourth-order valence-corrected chi connectivity index (χ4v) is 1.11. The van der Waals surface area contributed by atoms with Crippen LogP contribution < -0.4 is 0 Å². The molecule has 0 spiro atoms. The van der Waals surface area contributed by atoms with Crippen LogP contribution in [-0.4, -0.2) is 16.2 Å². The van der Waals surface area contributed by atoms with E-state index >= 15 is 0 Å². The third-order valence-corrected chi connectivity index (χ3v) is 1.97. The molecule has 0 aliphatic heterocycles. The van der Waals surface area contributed by atoms with Crippen molar-refractivity contribution in [3.8, 4) is 5.75 Å². The standard InChI is InChI=1S/C9H7F3O3/c1-3(9(14)15)6-7(11)4(10)2-5(13)8(6)12/h2-3,13H,1H3,(H,14,15). The van der Waals surface area contributed by atoms with Crippen molar-refractivity contribution in [3.63, 3.8) is 0 Å². The van der Waals surface area contributed by atoms with Gasteiger partial charge in [0.1, 0.15) is 0 Å². The fourth-order valence-electron chi connectivity index (χ4n) is 1.11. The molecule has 2 N–H and O–H groups in total. The maximum Gasteiger partial charge on any atom is 0.310 e. The second-order valence-electron chi connectivity index (χ2n) is 2.98. The second kappa shape index (κ2) is 3.80. The third kappa shape index (κ3) is 1.88. The molecule has 1 unspecified atom stereocenters. The van der Waals surface area contributed by atoms with Gasteiger partial charge in [-0.15, -0.1) is 0 Å². The number of aromatic hydroxyl groups is 1. The van der Waals surface area contributed by atoms with Gasteiger partial charge in [0.2, 0.25) is 0 Å². The quantitative estimate of drug-likeness (QED) is 0.749. The van der Waals surface area contributed by atoms with Gasteiger partial charge in [0.15, 0.2) is 23.2 Å². The van der Waals surface area contributed by atoms with Crippen LogP contribution in [0.2, 0.25) is 0 Å². The van der Waals surface area contributed by atoms with E-state index in [9.17, 15) is 18.0 Å². The van der Waals surface area contributed by atoms with Gasteiger partial charge in [0.25, 0.3) is 0 Å².